The predicted octanol–water partition coefficient (Wildman–Crippen LogP) is 10.7. The minimum atomic E-state index is -0.380. The molecule has 4 aliphatic carbocycles. The maximum atomic E-state index is 13.0. The lowest BCUT2D eigenvalue weighted by Crippen LogP contribution is -2.52. The molecule has 5 heteroatoms. The number of carbonyl (C=O) groups is 1. The third kappa shape index (κ3) is 6.36. The fourth-order valence-electron chi connectivity index (χ4n) is 10.9. The highest BCUT2D eigenvalue weighted by Crippen LogP contribution is 2.65. The van der Waals surface area contributed by atoms with Crippen molar-refractivity contribution in [2.75, 3.05) is 6.61 Å². The summed E-state index contributed by atoms with van der Waals surface area (Å²) in [5, 5.41) is 2.23. The molecule has 1 heterocycles. The van der Waals surface area contributed by atoms with Gasteiger partial charge >= 0.3 is 11.6 Å². The second-order valence-electron chi connectivity index (χ2n) is 17.0. The molecule has 3 aromatic rings. The van der Waals surface area contributed by atoms with E-state index < -0.39 is 0 Å². The standard InChI is InChI=1S/C43H56O5/c1-27(2)9-8-10-28(3)29-13-18-37-36-16-14-30-23-32(19-22-43(30,5)38(36)20-21-42(37,4)25-29)47-40(44)26-46-31-15-17-34-33-11-6-7-12-35(33)41(45)48-39(34)24-31/h6-7,11-12,14-15,17,24,27-29,32,36-38H,8-10,13,16,18-23,25-26H2,1-5H3/t28-,29-,32-,36+,37-,38-,42-,43+/m1/s1. The van der Waals surface area contributed by atoms with E-state index in [0.717, 1.165) is 65.5 Å². The summed E-state index contributed by atoms with van der Waals surface area (Å²) in [6.45, 7) is 12.3. The number of esters is 1. The number of benzene rings is 2. The third-order valence-corrected chi connectivity index (χ3v) is 13.6. The molecule has 2 aromatic carbocycles. The van der Waals surface area contributed by atoms with Crippen LogP contribution in [0.15, 0.2) is 63.3 Å². The maximum Gasteiger partial charge on any atom is 0.344 e. The summed E-state index contributed by atoms with van der Waals surface area (Å²) in [6.07, 6.45) is 17.7. The van der Waals surface area contributed by atoms with Gasteiger partial charge in [-0.25, -0.2) is 9.59 Å². The molecule has 3 fully saturated rings. The molecule has 3 saturated carbocycles. The van der Waals surface area contributed by atoms with Crippen LogP contribution >= 0.6 is 0 Å². The van der Waals surface area contributed by atoms with Crippen molar-refractivity contribution in [2.24, 2.45) is 46.3 Å². The number of rotatable bonds is 9. The van der Waals surface area contributed by atoms with E-state index in [1.165, 1.54) is 63.4 Å². The molecule has 0 spiro atoms. The van der Waals surface area contributed by atoms with Gasteiger partial charge in [-0.2, -0.15) is 0 Å². The first kappa shape index (κ1) is 33.4. The summed E-state index contributed by atoms with van der Waals surface area (Å²) in [5.41, 5.74) is 2.32. The van der Waals surface area contributed by atoms with E-state index >= 15 is 0 Å². The second-order valence-corrected chi connectivity index (χ2v) is 17.0. The monoisotopic (exact) mass is 652 g/mol. The SMILES string of the molecule is CC(C)CCC[C@@H](C)[C@@H]1CC[C@@H]2[C@@H]3CC=C4C[C@H](OC(=O)COc5ccc6c(c5)oc(=O)c5ccccc56)CC[C@]4(C)[C@@H]3CC[C@]2(C)C1. The van der Waals surface area contributed by atoms with Crippen molar-refractivity contribution in [3.63, 3.8) is 0 Å². The van der Waals surface area contributed by atoms with E-state index in [1.807, 2.05) is 30.3 Å². The Morgan fingerprint density at radius 3 is 2.56 bits per heavy atom. The first-order valence-electron chi connectivity index (χ1n) is 19.0. The summed E-state index contributed by atoms with van der Waals surface area (Å²) in [7, 11) is 0. The average Bonchev–Trinajstić information content (AvgIpc) is 3.06. The normalized spacial score (nSPS) is 32.2. The Bertz CT molecular complexity index is 1730. The fraction of sp³-hybridized carbons (Fsp3) is 0.628. The number of carbonyl (C=O) groups excluding carboxylic acids is 1. The Morgan fingerprint density at radius 1 is 0.938 bits per heavy atom. The summed E-state index contributed by atoms with van der Waals surface area (Å²) in [5.74, 6) is 5.10. The zero-order chi connectivity index (χ0) is 33.6. The van der Waals surface area contributed by atoms with Crippen LogP contribution in [-0.4, -0.2) is 18.7 Å². The highest BCUT2D eigenvalue weighted by Gasteiger charge is 2.56. The molecule has 0 bridgehead atoms. The number of ether oxygens (including phenoxy) is 2. The van der Waals surface area contributed by atoms with Crippen molar-refractivity contribution in [1.82, 2.24) is 0 Å². The number of hydrogen-bond donors (Lipinski definition) is 0. The van der Waals surface area contributed by atoms with Crippen LogP contribution in [0.2, 0.25) is 0 Å². The molecule has 0 amide bonds. The topological polar surface area (TPSA) is 65.7 Å². The summed E-state index contributed by atoms with van der Waals surface area (Å²) < 4.78 is 17.4. The van der Waals surface area contributed by atoms with Gasteiger partial charge in [0.15, 0.2) is 6.61 Å². The van der Waals surface area contributed by atoms with E-state index in [1.54, 1.807) is 12.1 Å². The smallest absolute Gasteiger partial charge is 0.344 e. The summed E-state index contributed by atoms with van der Waals surface area (Å²) >= 11 is 0. The van der Waals surface area contributed by atoms with Crippen LogP contribution in [0.1, 0.15) is 112 Å². The largest absolute Gasteiger partial charge is 0.482 e. The van der Waals surface area contributed by atoms with Crippen molar-refractivity contribution in [1.29, 1.82) is 0 Å². The fourth-order valence-corrected chi connectivity index (χ4v) is 10.9. The van der Waals surface area contributed by atoms with Crippen LogP contribution in [-0.2, 0) is 9.53 Å². The third-order valence-electron chi connectivity index (χ3n) is 13.6. The number of allylic oxidation sites excluding steroid dienone is 1. The molecule has 0 aliphatic heterocycles. The Labute approximate surface area is 286 Å². The van der Waals surface area contributed by atoms with Gasteiger partial charge in [-0.1, -0.05) is 83.7 Å². The lowest BCUT2D eigenvalue weighted by atomic mass is 9.44. The minimum absolute atomic E-state index is 0.0977. The molecule has 4 aliphatic rings. The lowest BCUT2D eigenvalue weighted by Gasteiger charge is -2.61. The maximum absolute atomic E-state index is 13.0. The molecule has 0 N–H and O–H groups in total. The van der Waals surface area contributed by atoms with Crippen molar-refractivity contribution < 1.29 is 18.7 Å². The summed E-state index contributed by atoms with van der Waals surface area (Å²) in [4.78, 5) is 25.4. The minimum Gasteiger partial charge on any atom is -0.482 e. The molecule has 5 nitrogen and oxygen atoms in total. The van der Waals surface area contributed by atoms with Crippen LogP contribution in [0.3, 0.4) is 0 Å². The van der Waals surface area contributed by atoms with Crippen molar-refractivity contribution in [2.45, 2.75) is 118 Å². The molecule has 8 atom stereocenters. The van der Waals surface area contributed by atoms with Gasteiger partial charge in [0.25, 0.3) is 0 Å². The zero-order valence-corrected chi connectivity index (χ0v) is 29.9. The Balaban J connectivity index is 0.947. The van der Waals surface area contributed by atoms with Gasteiger partial charge in [-0.15, -0.1) is 0 Å². The van der Waals surface area contributed by atoms with Crippen LogP contribution in [0.4, 0.5) is 0 Å². The molecule has 0 unspecified atom stereocenters. The average molecular weight is 653 g/mol. The van der Waals surface area contributed by atoms with Crippen molar-refractivity contribution in [3.8, 4) is 5.75 Å². The molecule has 48 heavy (non-hydrogen) atoms. The first-order valence-corrected chi connectivity index (χ1v) is 19.0. The highest BCUT2D eigenvalue weighted by molar-refractivity contribution is 6.04. The van der Waals surface area contributed by atoms with Gasteiger partial charge in [-0.3, -0.25) is 0 Å². The van der Waals surface area contributed by atoms with E-state index in [9.17, 15) is 9.59 Å². The Kier molecular flexibility index (Phi) is 9.28. The van der Waals surface area contributed by atoms with Crippen molar-refractivity contribution >= 4 is 27.7 Å². The predicted molar refractivity (Wildman–Crippen MR) is 193 cm³/mol. The van der Waals surface area contributed by atoms with Gasteiger partial charge < -0.3 is 13.9 Å². The molecular formula is C43H56O5. The Hall–Kier alpha value is -3.08. The van der Waals surface area contributed by atoms with Gasteiger partial charge in [0, 0.05) is 17.9 Å². The van der Waals surface area contributed by atoms with Gasteiger partial charge in [0.2, 0.25) is 0 Å². The van der Waals surface area contributed by atoms with Gasteiger partial charge in [0.05, 0.1) is 5.39 Å². The number of fused-ring (bicyclic) bond motifs is 8. The van der Waals surface area contributed by atoms with E-state index in [-0.39, 0.29) is 29.7 Å². The van der Waals surface area contributed by atoms with Crippen molar-refractivity contribution in [3.05, 3.63) is 64.5 Å². The second kappa shape index (κ2) is 13.3. The van der Waals surface area contributed by atoms with E-state index in [0.29, 0.717) is 22.1 Å². The number of hydrogen-bond acceptors (Lipinski definition) is 5. The zero-order valence-electron chi connectivity index (χ0n) is 29.9. The van der Waals surface area contributed by atoms with Crippen LogP contribution in [0, 0.1) is 46.3 Å². The van der Waals surface area contributed by atoms with Crippen LogP contribution in [0.25, 0.3) is 21.7 Å². The molecule has 7 rings (SSSR count). The van der Waals surface area contributed by atoms with Crippen LogP contribution in [0.5, 0.6) is 5.75 Å². The van der Waals surface area contributed by atoms with E-state index in [4.69, 9.17) is 13.9 Å². The Morgan fingerprint density at radius 2 is 1.75 bits per heavy atom. The molecule has 0 radical (unpaired) electrons. The molecule has 0 saturated heterocycles. The molecule has 258 valence electrons. The van der Waals surface area contributed by atoms with Gasteiger partial charge in [-0.05, 0) is 121 Å². The quantitative estimate of drug-likeness (QED) is 0.0996. The lowest BCUT2D eigenvalue weighted by molar-refractivity contribution is -0.154. The molecule has 1 aromatic heterocycles. The summed E-state index contributed by atoms with van der Waals surface area (Å²) in [6, 6.07) is 12.8. The molecular weight excluding hydrogens is 596 g/mol. The highest BCUT2D eigenvalue weighted by atomic mass is 16.6. The van der Waals surface area contributed by atoms with Crippen LogP contribution < -0.4 is 10.4 Å². The first-order chi connectivity index (χ1) is 23.0. The van der Waals surface area contributed by atoms with E-state index in [2.05, 4.69) is 40.7 Å². The van der Waals surface area contributed by atoms with Gasteiger partial charge in [0.1, 0.15) is 17.4 Å².